The van der Waals surface area contributed by atoms with Crippen molar-refractivity contribution in [3.05, 3.63) is 52.8 Å². The van der Waals surface area contributed by atoms with E-state index in [0.717, 1.165) is 36.1 Å². The Morgan fingerprint density at radius 1 is 1.26 bits per heavy atom. The van der Waals surface area contributed by atoms with Crippen LogP contribution in [0.3, 0.4) is 0 Å². The van der Waals surface area contributed by atoms with Crippen molar-refractivity contribution in [1.82, 2.24) is 15.1 Å². The number of aryl methyl sites for hydroxylation is 1. The molecule has 1 N–H and O–H groups in total. The number of ether oxygens (including phenoxy) is 1. The molecule has 0 saturated carbocycles. The molecule has 120 valence electrons. The van der Waals surface area contributed by atoms with Crippen LogP contribution in [0.1, 0.15) is 46.8 Å². The second-order valence-corrected chi connectivity index (χ2v) is 6.44. The first kappa shape index (κ1) is 14.5. The summed E-state index contributed by atoms with van der Waals surface area (Å²) in [5, 5.41) is 7.31. The van der Waals surface area contributed by atoms with E-state index in [4.69, 9.17) is 4.74 Å². The maximum absolute atomic E-state index is 12.9. The highest BCUT2D eigenvalue weighted by atomic mass is 16.5. The number of benzene rings is 1. The first-order valence-corrected chi connectivity index (χ1v) is 8.28. The number of amides is 1. The van der Waals surface area contributed by atoms with Crippen molar-refractivity contribution in [3.8, 4) is 0 Å². The second kappa shape index (κ2) is 5.81. The molecule has 0 unspecified atom stereocenters. The van der Waals surface area contributed by atoms with Gasteiger partial charge in [-0.3, -0.25) is 9.89 Å². The lowest BCUT2D eigenvalue weighted by Gasteiger charge is -2.36. The summed E-state index contributed by atoms with van der Waals surface area (Å²) in [6, 6.07) is 10.1. The largest absolute Gasteiger partial charge is 0.367 e. The summed E-state index contributed by atoms with van der Waals surface area (Å²) in [6.07, 6.45) is 3.01. The minimum atomic E-state index is -0.0732. The van der Waals surface area contributed by atoms with Crippen LogP contribution in [0, 0.1) is 0 Å². The molecule has 5 nitrogen and oxygen atoms in total. The van der Waals surface area contributed by atoms with Gasteiger partial charge in [0.15, 0.2) is 5.69 Å². The fourth-order valence-corrected chi connectivity index (χ4v) is 3.61. The minimum Gasteiger partial charge on any atom is -0.367 e. The van der Waals surface area contributed by atoms with Crippen molar-refractivity contribution in [2.45, 2.75) is 38.4 Å². The maximum atomic E-state index is 12.9. The fraction of sp³-hybridized carbons (Fsp3) is 0.444. The Labute approximate surface area is 135 Å². The first-order chi connectivity index (χ1) is 11.2. The molecular formula is C18H21N3O2. The molecule has 2 heterocycles. The molecule has 2 aromatic rings. The second-order valence-electron chi connectivity index (χ2n) is 6.44. The normalized spacial score (nSPS) is 23.8. The van der Waals surface area contributed by atoms with Gasteiger partial charge in [0.2, 0.25) is 0 Å². The average molecular weight is 311 g/mol. The molecule has 5 heteroatoms. The van der Waals surface area contributed by atoms with Crippen LogP contribution in [-0.2, 0) is 17.6 Å². The van der Waals surface area contributed by atoms with Gasteiger partial charge in [-0.05, 0) is 31.7 Å². The summed E-state index contributed by atoms with van der Waals surface area (Å²) in [5.41, 5.74) is 3.97. The van der Waals surface area contributed by atoms with Gasteiger partial charge >= 0.3 is 0 Å². The number of H-pyrrole nitrogens is 1. The molecule has 1 fully saturated rings. The highest BCUT2D eigenvalue weighted by Crippen LogP contribution is 2.28. The van der Waals surface area contributed by atoms with Crippen molar-refractivity contribution in [2.75, 3.05) is 13.1 Å². The summed E-state index contributed by atoms with van der Waals surface area (Å²) in [4.78, 5) is 14.8. The zero-order valence-electron chi connectivity index (χ0n) is 13.3. The molecule has 1 aliphatic carbocycles. The van der Waals surface area contributed by atoms with E-state index in [-0.39, 0.29) is 18.1 Å². The Bertz CT molecular complexity index is 710. The molecule has 0 spiro atoms. The number of carbonyl (C=O) groups excluding carboxylic acids is 1. The van der Waals surface area contributed by atoms with E-state index in [1.54, 1.807) is 0 Å². The smallest absolute Gasteiger partial charge is 0.274 e. The van der Waals surface area contributed by atoms with Crippen LogP contribution in [0.15, 0.2) is 30.3 Å². The number of hydrogen-bond acceptors (Lipinski definition) is 3. The molecule has 1 amide bonds. The summed E-state index contributed by atoms with van der Waals surface area (Å²) in [6.45, 7) is 3.21. The lowest BCUT2D eigenvalue weighted by atomic mass is 10.1. The molecule has 0 radical (unpaired) electrons. The van der Waals surface area contributed by atoms with Crippen LogP contribution in [0.2, 0.25) is 0 Å². The van der Waals surface area contributed by atoms with Gasteiger partial charge in [-0.2, -0.15) is 5.10 Å². The zero-order valence-corrected chi connectivity index (χ0v) is 13.3. The molecule has 4 rings (SSSR count). The van der Waals surface area contributed by atoms with E-state index in [1.807, 2.05) is 30.0 Å². The van der Waals surface area contributed by atoms with E-state index in [9.17, 15) is 4.79 Å². The number of nitrogens with one attached hydrogen (secondary N) is 1. The highest BCUT2D eigenvalue weighted by molar-refractivity contribution is 5.94. The predicted molar refractivity (Wildman–Crippen MR) is 86.2 cm³/mol. The molecule has 23 heavy (non-hydrogen) atoms. The minimum absolute atomic E-state index is 0.0184. The first-order valence-electron chi connectivity index (χ1n) is 8.28. The van der Waals surface area contributed by atoms with E-state index in [0.29, 0.717) is 18.8 Å². The summed E-state index contributed by atoms with van der Waals surface area (Å²) >= 11 is 0. The quantitative estimate of drug-likeness (QED) is 0.927. The summed E-state index contributed by atoms with van der Waals surface area (Å²) < 4.78 is 6.04. The number of morpholine rings is 1. The third-order valence-electron chi connectivity index (χ3n) is 4.73. The molecule has 2 atom stereocenters. The molecule has 1 aliphatic heterocycles. The number of carbonyl (C=O) groups is 1. The van der Waals surface area contributed by atoms with E-state index in [1.165, 1.54) is 0 Å². The molecular weight excluding hydrogens is 290 g/mol. The van der Waals surface area contributed by atoms with E-state index < -0.39 is 0 Å². The number of aromatic nitrogens is 2. The Hall–Kier alpha value is -2.14. The number of rotatable bonds is 2. The lowest BCUT2D eigenvalue weighted by molar-refractivity contribution is -0.0693. The predicted octanol–water partition coefficient (Wildman–Crippen LogP) is 2.50. The van der Waals surface area contributed by atoms with Gasteiger partial charge in [-0.25, -0.2) is 0 Å². The van der Waals surface area contributed by atoms with Gasteiger partial charge in [-0.1, -0.05) is 30.3 Å². The standard InChI is InChI=1S/C18H21N3O2/c1-12-10-21(11-16(23-12)13-6-3-2-4-7-13)18(22)17-14-8-5-9-15(14)19-20-17/h2-4,6-7,12,16H,5,8-11H2,1H3,(H,19,20)/t12-,16-/m0/s1. The van der Waals surface area contributed by atoms with E-state index in [2.05, 4.69) is 22.3 Å². The SMILES string of the molecule is C[C@H]1CN(C(=O)c2n[nH]c3c2CCC3)C[C@@H](c2ccccc2)O1. The summed E-state index contributed by atoms with van der Waals surface area (Å²) in [5.74, 6) is 0.0282. The van der Waals surface area contributed by atoms with Crippen LogP contribution in [0.5, 0.6) is 0 Å². The van der Waals surface area contributed by atoms with Crippen LogP contribution in [0.4, 0.5) is 0 Å². The van der Waals surface area contributed by atoms with Gasteiger partial charge in [0, 0.05) is 17.8 Å². The van der Waals surface area contributed by atoms with Gasteiger partial charge in [0.25, 0.3) is 5.91 Å². The highest BCUT2D eigenvalue weighted by Gasteiger charge is 2.33. The van der Waals surface area contributed by atoms with Gasteiger partial charge in [-0.15, -0.1) is 0 Å². The monoisotopic (exact) mass is 311 g/mol. The average Bonchev–Trinajstić information content (AvgIpc) is 3.18. The number of fused-ring (bicyclic) bond motifs is 1. The molecule has 1 aromatic heterocycles. The van der Waals surface area contributed by atoms with Crippen molar-refractivity contribution in [2.24, 2.45) is 0 Å². The van der Waals surface area contributed by atoms with Crippen molar-refractivity contribution < 1.29 is 9.53 Å². The van der Waals surface area contributed by atoms with Crippen molar-refractivity contribution in [3.63, 3.8) is 0 Å². The van der Waals surface area contributed by atoms with Crippen LogP contribution >= 0.6 is 0 Å². The Balaban J connectivity index is 1.57. The third-order valence-corrected chi connectivity index (χ3v) is 4.73. The van der Waals surface area contributed by atoms with Crippen LogP contribution in [-0.4, -0.2) is 40.2 Å². The lowest BCUT2D eigenvalue weighted by Crippen LogP contribution is -2.46. The molecule has 1 aromatic carbocycles. The Kier molecular flexibility index (Phi) is 3.65. The Morgan fingerprint density at radius 3 is 2.91 bits per heavy atom. The fourth-order valence-electron chi connectivity index (χ4n) is 3.61. The van der Waals surface area contributed by atoms with Gasteiger partial charge < -0.3 is 9.64 Å². The molecule has 2 aliphatic rings. The van der Waals surface area contributed by atoms with E-state index >= 15 is 0 Å². The van der Waals surface area contributed by atoms with Crippen LogP contribution < -0.4 is 0 Å². The maximum Gasteiger partial charge on any atom is 0.274 e. The summed E-state index contributed by atoms with van der Waals surface area (Å²) in [7, 11) is 0. The molecule has 1 saturated heterocycles. The van der Waals surface area contributed by atoms with Gasteiger partial charge in [0.05, 0.1) is 12.6 Å². The number of aromatic amines is 1. The Morgan fingerprint density at radius 2 is 2.09 bits per heavy atom. The van der Waals surface area contributed by atoms with Gasteiger partial charge in [0.1, 0.15) is 6.10 Å². The third kappa shape index (κ3) is 2.65. The van der Waals surface area contributed by atoms with Crippen LogP contribution in [0.25, 0.3) is 0 Å². The van der Waals surface area contributed by atoms with Crippen molar-refractivity contribution in [1.29, 1.82) is 0 Å². The number of hydrogen-bond donors (Lipinski definition) is 1. The van der Waals surface area contributed by atoms with Crippen molar-refractivity contribution >= 4 is 5.91 Å². The topological polar surface area (TPSA) is 58.2 Å². The zero-order chi connectivity index (χ0) is 15.8. The number of nitrogens with zero attached hydrogens (tertiary/aromatic N) is 2. The molecule has 0 bridgehead atoms.